The van der Waals surface area contributed by atoms with E-state index >= 15 is 0 Å². The summed E-state index contributed by atoms with van der Waals surface area (Å²) < 4.78 is 4.62. The normalized spacial score (nSPS) is 19.1. The number of methoxy groups -OCH3 is 1. The number of hydrogen-bond donors (Lipinski definition) is 0. The van der Waals surface area contributed by atoms with Gasteiger partial charge in [-0.25, -0.2) is 4.79 Å². The lowest BCUT2D eigenvalue weighted by molar-refractivity contribution is -0.134. The van der Waals surface area contributed by atoms with Crippen molar-refractivity contribution in [1.29, 1.82) is 0 Å². The van der Waals surface area contributed by atoms with E-state index in [9.17, 15) is 4.79 Å². The topological polar surface area (TPSA) is 26.3 Å². The fraction of sp³-hybridized carbons (Fsp3) is 0.471. The minimum absolute atomic E-state index is 0.155. The maximum absolute atomic E-state index is 11.2. The van der Waals surface area contributed by atoms with Crippen LogP contribution in [0.4, 0.5) is 0 Å². The Morgan fingerprint density at radius 1 is 1.47 bits per heavy atom. The molecule has 0 unspecified atom stereocenters. The van der Waals surface area contributed by atoms with Crippen LogP contribution in [0.2, 0.25) is 0 Å². The van der Waals surface area contributed by atoms with Gasteiger partial charge in [-0.2, -0.15) is 0 Å². The minimum Gasteiger partial charge on any atom is -0.466 e. The summed E-state index contributed by atoms with van der Waals surface area (Å²) in [6.45, 7) is 8.59. The van der Waals surface area contributed by atoms with Gasteiger partial charge in [0.1, 0.15) is 0 Å². The van der Waals surface area contributed by atoms with Gasteiger partial charge in [0.15, 0.2) is 0 Å². The van der Waals surface area contributed by atoms with E-state index in [2.05, 4.69) is 43.7 Å². The molecule has 1 aliphatic carbocycles. The van der Waals surface area contributed by atoms with Crippen molar-refractivity contribution in [2.75, 3.05) is 7.11 Å². The first-order chi connectivity index (χ1) is 8.90. The summed E-state index contributed by atoms with van der Waals surface area (Å²) in [5.41, 5.74) is 3.79. The zero-order valence-electron chi connectivity index (χ0n) is 12.6. The van der Waals surface area contributed by atoms with Crippen LogP contribution in [0, 0.1) is 5.41 Å². The van der Waals surface area contributed by atoms with Gasteiger partial charge < -0.3 is 4.74 Å². The fourth-order valence-electron chi connectivity index (χ4n) is 2.28. The van der Waals surface area contributed by atoms with E-state index in [0.29, 0.717) is 0 Å². The van der Waals surface area contributed by atoms with Gasteiger partial charge in [-0.1, -0.05) is 45.1 Å². The lowest BCUT2D eigenvalue weighted by atomic mass is 9.74. The summed E-state index contributed by atoms with van der Waals surface area (Å²) >= 11 is 0. The van der Waals surface area contributed by atoms with Crippen LogP contribution >= 0.6 is 0 Å². The van der Waals surface area contributed by atoms with Crippen LogP contribution in [0.5, 0.6) is 0 Å². The maximum atomic E-state index is 11.2. The Morgan fingerprint density at radius 2 is 2.16 bits per heavy atom. The van der Waals surface area contributed by atoms with Gasteiger partial charge in [0.2, 0.25) is 0 Å². The second kappa shape index (κ2) is 6.55. The molecule has 0 saturated carbocycles. The number of esters is 1. The predicted octanol–water partition coefficient (Wildman–Crippen LogP) is 4.35. The van der Waals surface area contributed by atoms with Gasteiger partial charge in [0.05, 0.1) is 7.11 Å². The lowest BCUT2D eigenvalue weighted by Gasteiger charge is -2.30. The maximum Gasteiger partial charge on any atom is 0.330 e. The molecule has 2 heteroatoms. The number of carbonyl (C=O) groups excluding carboxylic acids is 1. The van der Waals surface area contributed by atoms with Crippen LogP contribution in [0.25, 0.3) is 0 Å². The third kappa shape index (κ3) is 4.23. The van der Waals surface area contributed by atoms with E-state index in [1.807, 2.05) is 13.0 Å². The quantitative estimate of drug-likeness (QED) is 0.426. The van der Waals surface area contributed by atoms with Crippen LogP contribution in [0.3, 0.4) is 0 Å². The average molecular weight is 260 g/mol. The average Bonchev–Trinajstić information content (AvgIpc) is 2.35. The first-order valence-electron chi connectivity index (χ1n) is 6.75. The van der Waals surface area contributed by atoms with Crippen molar-refractivity contribution in [3.63, 3.8) is 0 Å². The number of rotatable bonds is 4. The highest BCUT2D eigenvalue weighted by atomic mass is 16.5. The summed E-state index contributed by atoms with van der Waals surface area (Å²) in [5.74, 6) is -0.311. The third-order valence-electron chi connectivity index (χ3n) is 3.46. The second-order valence-corrected chi connectivity index (χ2v) is 5.53. The number of hydrogen-bond acceptors (Lipinski definition) is 2. The highest BCUT2D eigenvalue weighted by Crippen LogP contribution is 2.38. The standard InChI is InChI=1S/C17H24O2/c1-6-14-8-7-11-17(3,4)15(14)10-9-13(2)12-16(18)19-5/h7-10,12H,6,11H2,1-5H3/b10-9+,13-12+. The van der Waals surface area contributed by atoms with Gasteiger partial charge in [-0.05, 0) is 41.9 Å². The highest BCUT2D eigenvalue weighted by Gasteiger charge is 2.24. The molecule has 0 saturated heterocycles. The van der Waals surface area contributed by atoms with E-state index in [0.717, 1.165) is 18.4 Å². The molecular weight excluding hydrogens is 236 g/mol. The van der Waals surface area contributed by atoms with Crippen LogP contribution in [0.1, 0.15) is 40.5 Å². The molecule has 0 fully saturated rings. The number of carbonyl (C=O) groups is 1. The fourth-order valence-corrected chi connectivity index (χ4v) is 2.28. The first kappa shape index (κ1) is 15.5. The van der Waals surface area contributed by atoms with Crippen LogP contribution in [0.15, 0.2) is 47.1 Å². The molecule has 19 heavy (non-hydrogen) atoms. The second-order valence-electron chi connectivity index (χ2n) is 5.53. The molecule has 0 aromatic rings. The van der Waals surface area contributed by atoms with Gasteiger partial charge in [-0.3, -0.25) is 0 Å². The van der Waals surface area contributed by atoms with Gasteiger partial charge in [-0.15, -0.1) is 0 Å². The molecule has 0 aromatic carbocycles. The largest absolute Gasteiger partial charge is 0.466 e. The van der Waals surface area contributed by atoms with Crippen molar-refractivity contribution in [3.8, 4) is 0 Å². The lowest BCUT2D eigenvalue weighted by Crippen LogP contribution is -2.17. The smallest absolute Gasteiger partial charge is 0.330 e. The monoisotopic (exact) mass is 260 g/mol. The van der Waals surface area contributed by atoms with E-state index in [1.165, 1.54) is 24.3 Å². The molecule has 0 amide bonds. The number of ether oxygens (including phenoxy) is 1. The highest BCUT2D eigenvalue weighted by molar-refractivity contribution is 5.83. The molecule has 0 N–H and O–H groups in total. The molecule has 1 aliphatic rings. The molecule has 1 rings (SSSR count). The summed E-state index contributed by atoms with van der Waals surface area (Å²) in [5, 5.41) is 0. The van der Waals surface area contributed by atoms with Crippen molar-refractivity contribution in [3.05, 3.63) is 47.1 Å². The van der Waals surface area contributed by atoms with E-state index in [-0.39, 0.29) is 11.4 Å². The third-order valence-corrected chi connectivity index (χ3v) is 3.46. The van der Waals surface area contributed by atoms with Crippen molar-refractivity contribution in [2.45, 2.75) is 40.5 Å². The van der Waals surface area contributed by atoms with Gasteiger partial charge >= 0.3 is 5.97 Å². The van der Waals surface area contributed by atoms with Gasteiger partial charge in [0, 0.05) is 6.08 Å². The molecule has 0 bridgehead atoms. The van der Waals surface area contributed by atoms with Crippen LogP contribution in [-0.4, -0.2) is 13.1 Å². The zero-order chi connectivity index (χ0) is 14.5. The Bertz CT molecular complexity index is 460. The molecule has 2 nitrogen and oxygen atoms in total. The van der Waals surface area contributed by atoms with Crippen molar-refractivity contribution in [2.24, 2.45) is 5.41 Å². The Balaban J connectivity index is 3.00. The van der Waals surface area contributed by atoms with E-state index in [1.54, 1.807) is 0 Å². The first-order valence-corrected chi connectivity index (χ1v) is 6.75. The SMILES string of the molecule is CCC1=C(/C=C/C(C)=C/C(=O)OC)C(C)(C)CC=C1. The molecule has 0 radical (unpaired) electrons. The van der Waals surface area contributed by atoms with Crippen molar-refractivity contribution >= 4 is 5.97 Å². The number of allylic oxidation sites excluding steroid dienone is 7. The summed E-state index contributed by atoms with van der Waals surface area (Å²) in [7, 11) is 1.39. The van der Waals surface area contributed by atoms with Crippen molar-refractivity contribution in [1.82, 2.24) is 0 Å². The Kier molecular flexibility index (Phi) is 5.34. The van der Waals surface area contributed by atoms with Crippen molar-refractivity contribution < 1.29 is 9.53 Å². The Hall–Kier alpha value is -1.57. The Labute approximate surface area is 116 Å². The molecule has 0 heterocycles. The zero-order valence-corrected chi connectivity index (χ0v) is 12.6. The molecule has 0 spiro atoms. The Morgan fingerprint density at radius 3 is 2.74 bits per heavy atom. The molecule has 0 aromatic heterocycles. The molecule has 104 valence electrons. The molecule has 0 atom stereocenters. The van der Waals surface area contributed by atoms with Gasteiger partial charge in [0.25, 0.3) is 0 Å². The van der Waals surface area contributed by atoms with Crippen LogP contribution in [-0.2, 0) is 9.53 Å². The van der Waals surface area contributed by atoms with Crippen LogP contribution < -0.4 is 0 Å². The minimum atomic E-state index is -0.311. The summed E-state index contributed by atoms with van der Waals surface area (Å²) in [6, 6.07) is 0. The molecular formula is C17H24O2. The predicted molar refractivity (Wildman–Crippen MR) is 79.8 cm³/mol. The van der Waals surface area contributed by atoms with E-state index in [4.69, 9.17) is 0 Å². The van der Waals surface area contributed by atoms with E-state index < -0.39 is 0 Å². The molecule has 0 aliphatic heterocycles. The summed E-state index contributed by atoms with van der Waals surface area (Å²) in [6.07, 6.45) is 12.2. The summed E-state index contributed by atoms with van der Waals surface area (Å²) in [4.78, 5) is 11.2.